The summed E-state index contributed by atoms with van der Waals surface area (Å²) in [4.78, 5) is 20.0. The number of amides is 2. The molecule has 0 fully saturated rings. The Morgan fingerprint density at radius 1 is 1.43 bits per heavy atom. The van der Waals surface area contributed by atoms with Crippen LogP contribution in [0.3, 0.4) is 0 Å². The third-order valence-electron chi connectivity index (χ3n) is 2.92. The Kier molecular flexibility index (Phi) is 4.42. The molecule has 0 unspecified atom stereocenters. The van der Waals surface area contributed by atoms with E-state index in [0.29, 0.717) is 17.4 Å². The van der Waals surface area contributed by atoms with Gasteiger partial charge in [-0.25, -0.2) is 9.78 Å². The number of urea groups is 1. The van der Waals surface area contributed by atoms with E-state index in [4.69, 9.17) is 10.5 Å². The molecule has 2 rings (SSSR count). The zero-order valence-electron chi connectivity index (χ0n) is 12.4. The molecule has 2 amide bonds. The SMILES string of the molecule is CCCc1nc(C)cn1-c1nc(OC)ccc1NC(N)=O. The van der Waals surface area contributed by atoms with Gasteiger partial charge in [0, 0.05) is 18.7 Å². The van der Waals surface area contributed by atoms with Crippen molar-refractivity contribution in [3.8, 4) is 11.7 Å². The average molecular weight is 289 g/mol. The summed E-state index contributed by atoms with van der Waals surface area (Å²) in [6, 6.07) is 2.73. The molecule has 7 nitrogen and oxygen atoms in total. The van der Waals surface area contributed by atoms with Gasteiger partial charge < -0.3 is 15.8 Å². The second kappa shape index (κ2) is 6.25. The van der Waals surface area contributed by atoms with Gasteiger partial charge in [0.1, 0.15) is 5.82 Å². The van der Waals surface area contributed by atoms with E-state index in [1.807, 2.05) is 17.7 Å². The number of rotatable bonds is 5. The Labute approximate surface area is 123 Å². The van der Waals surface area contributed by atoms with Gasteiger partial charge in [-0.15, -0.1) is 0 Å². The zero-order chi connectivity index (χ0) is 15.4. The molecule has 2 aromatic heterocycles. The second-order valence-electron chi connectivity index (χ2n) is 4.63. The number of nitrogens with two attached hydrogens (primary N) is 1. The summed E-state index contributed by atoms with van der Waals surface area (Å²) in [6.07, 6.45) is 3.64. The number of hydrogen-bond acceptors (Lipinski definition) is 4. The lowest BCUT2D eigenvalue weighted by atomic mass is 10.3. The smallest absolute Gasteiger partial charge is 0.316 e. The fourth-order valence-electron chi connectivity index (χ4n) is 2.09. The fourth-order valence-corrected chi connectivity index (χ4v) is 2.09. The molecule has 0 saturated heterocycles. The number of aryl methyl sites for hydroxylation is 2. The number of carbonyl (C=O) groups excluding carboxylic acids is 1. The Morgan fingerprint density at radius 2 is 2.19 bits per heavy atom. The van der Waals surface area contributed by atoms with Crippen molar-refractivity contribution in [2.45, 2.75) is 26.7 Å². The Bertz CT molecular complexity index is 651. The van der Waals surface area contributed by atoms with E-state index in [-0.39, 0.29) is 0 Å². The minimum absolute atomic E-state index is 0.453. The Morgan fingerprint density at radius 3 is 2.81 bits per heavy atom. The first kappa shape index (κ1) is 14.8. The van der Waals surface area contributed by atoms with Crippen LogP contribution >= 0.6 is 0 Å². The second-order valence-corrected chi connectivity index (χ2v) is 4.63. The number of ether oxygens (including phenoxy) is 1. The molecule has 0 aromatic carbocycles. The molecular weight excluding hydrogens is 270 g/mol. The topological polar surface area (TPSA) is 95.1 Å². The molecule has 2 aromatic rings. The molecule has 0 atom stereocenters. The minimum atomic E-state index is -0.642. The van der Waals surface area contributed by atoms with Crippen LogP contribution in [0.15, 0.2) is 18.3 Å². The maximum Gasteiger partial charge on any atom is 0.316 e. The molecule has 2 heterocycles. The van der Waals surface area contributed by atoms with Crippen molar-refractivity contribution in [2.24, 2.45) is 5.73 Å². The monoisotopic (exact) mass is 289 g/mol. The van der Waals surface area contributed by atoms with Crippen LogP contribution in [0.5, 0.6) is 5.88 Å². The van der Waals surface area contributed by atoms with E-state index in [2.05, 4.69) is 22.2 Å². The number of nitrogens with zero attached hydrogens (tertiary/aromatic N) is 3. The molecule has 0 aliphatic carbocycles. The van der Waals surface area contributed by atoms with Gasteiger partial charge >= 0.3 is 6.03 Å². The summed E-state index contributed by atoms with van der Waals surface area (Å²) < 4.78 is 7.01. The quantitative estimate of drug-likeness (QED) is 0.880. The fraction of sp³-hybridized carbons (Fsp3) is 0.357. The summed E-state index contributed by atoms with van der Waals surface area (Å²) in [5.41, 5.74) is 6.60. The predicted octanol–water partition coefficient (Wildman–Crippen LogP) is 2.03. The first-order valence-corrected chi connectivity index (χ1v) is 6.72. The number of hydrogen-bond donors (Lipinski definition) is 2. The third kappa shape index (κ3) is 3.31. The largest absolute Gasteiger partial charge is 0.481 e. The normalized spacial score (nSPS) is 10.4. The van der Waals surface area contributed by atoms with Gasteiger partial charge in [0.25, 0.3) is 0 Å². The van der Waals surface area contributed by atoms with E-state index < -0.39 is 6.03 Å². The van der Waals surface area contributed by atoms with Crippen LogP contribution in [0.1, 0.15) is 24.9 Å². The van der Waals surface area contributed by atoms with Crippen molar-refractivity contribution in [1.29, 1.82) is 0 Å². The van der Waals surface area contributed by atoms with Crippen LogP contribution in [0.4, 0.5) is 10.5 Å². The molecule has 7 heteroatoms. The first-order valence-electron chi connectivity index (χ1n) is 6.72. The van der Waals surface area contributed by atoms with Gasteiger partial charge in [0.05, 0.1) is 18.5 Å². The van der Waals surface area contributed by atoms with Crippen LogP contribution in [-0.4, -0.2) is 27.7 Å². The standard InChI is InChI=1S/C14H19N5O2/c1-4-5-11-16-9(2)8-19(11)13-10(17-14(15)20)6-7-12(18-13)21-3/h6-8H,4-5H2,1-3H3,(H3,15,17,20). The number of carbonyl (C=O) groups is 1. The van der Waals surface area contributed by atoms with Crippen LogP contribution < -0.4 is 15.8 Å². The molecule has 3 N–H and O–H groups in total. The highest BCUT2D eigenvalue weighted by molar-refractivity contribution is 5.89. The minimum Gasteiger partial charge on any atom is -0.481 e. The first-order chi connectivity index (χ1) is 10.0. The highest BCUT2D eigenvalue weighted by Crippen LogP contribution is 2.24. The lowest BCUT2D eigenvalue weighted by Crippen LogP contribution is -2.21. The van der Waals surface area contributed by atoms with Gasteiger partial charge in [-0.05, 0) is 19.4 Å². The number of pyridine rings is 1. The maximum absolute atomic E-state index is 11.1. The number of anilines is 1. The molecule has 0 radical (unpaired) electrons. The number of primary amides is 1. The van der Waals surface area contributed by atoms with Crippen LogP contribution in [0.2, 0.25) is 0 Å². The summed E-state index contributed by atoms with van der Waals surface area (Å²) in [5.74, 6) is 1.87. The molecule has 0 saturated carbocycles. The number of imidazole rings is 1. The van der Waals surface area contributed by atoms with Crippen molar-refractivity contribution >= 4 is 11.7 Å². The maximum atomic E-state index is 11.1. The predicted molar refractivity (Wildman–Crippen MR) is 79.8 cm³/mol. The highest BCUT2D eigenvalue weighted by atomic mass is 16.5. The van der Waals surface area contributed by atoms with Crippen LogP contribution in [0, 0.1) is 6.92 Å². The summed E-state index contributed by atoms with van der Waals surface area (Å²) >= 11 is 0. The summed E-state index contributed by atoms with van der Waals surface area (Å²) in [7, 11) is 1.54. The van der Waals surface area contributed by atoms with E-state index in [1.54, 1.807) is 19.2 Å². The summed E-state index contributed by atoms with van der Waals surface area (Å²) in [5, 5.41) is 2.57. The van der Waals surface area contributed by atoms with Gasteiger partial charge in [-0.3, -0.25) is 4.57 Å². The lowest BCUT2D eigenvalue weighted by molar-refractivity contribution is 0.259. The Hall–Kier alpha value is -2.57. The van der Waals surface area contributed by atoms with Crippen molar-refractivity contribution in [3.63, 3.8) is 0 Å². The van der Waals surface area contributed by atoms with E-state index >= 15 is 0 Å². The van der Waals surface area contributed by atoms with Crippen molar-refractivity contribution in [2.75, 3.05) is 12.4 Å². The van der Waals surface area contributed by atoms with Crippen molar-refractivity contribution in [1.82, 2.24) is 14.5 Å². The number of nitrogens with one attached hydrogen (secondary N) is 1. The van der Waals surface area contributed by atoms with E-state index in [0.717, 1.165) is 24.4 Å². The number of methoxy groups -OCH3 is 1. The average Bonchev–Trinajstić information content (AvgIpc) is 2.80. The highest BCUT2D eigenvalue weighted by Gasteiger charge is 2.14. The van der Waals surface area contributed by atoms with Crippen LogP contribution in [0.25, 0.3) is 5.82 Å². The van der Waals surface area contributed by atoms with Gasteiger partial charge in [-0.1, -0.05) is 6.92 Å². The van der Waals surface area contributed by atoms with Crippen molar-refractivity contribution in [3.05, 3.63) is 29.8 Å². The van der Waals surface area contributed by atoms with Gasteiger partial charge in [0.2, 0.25) is 5.88 Å². The lowest BCUT2D eigenvalue weighted by Gasteiger charge is -2.13. The van der Waals surface area contributed by atoms with Gasteiger partial charge in [-0.2, -0.15) is 4.98 Å². The molecule has 0 bridgehead atoms. The molecular formula is C14H19N5O2. The van der Waals surface area contributed by atoms with E-state index in [1.165, 1.54) is 0 Å². The zero-order valence-corrected chi connectivity index (χ0v) is 12.4. The molecule has 0 aliphatic rings. The number of aromatic nitrogens is 3. The van der Waals surface area contributed by atoms with Gasteiger partial charge in [0.15, 0.2) is 5.82 Å². The molecule has 0 aliphatic heterocycles. The van der Waals surface area contributed by atoms with Crippen molar-refractivity contribution < 1.29 is 9.53 Å². The Balaban J connectivity index is 2.56. The molecule has 112 valence electrons. The molecule has 0 spiro atoms. The third-order valence-corrected chi connectivity index (χ3v) is 2.92. The van der Waals surface area contributed by atoms with Crippen LogP contribution in [-0.2, 0) is 6.42 Å². The van der Waals surface area contributed by atoms with E-state index in [9.17, 15) is 4.79 Å². The molecule has 21 heavy (non-hydrogen) atoms. The summed E-state index contributed by atoms with van der Waals surface area (Å²) in [6.45, 7) is 3.99.